The summed E-state index contributed by atoms with van der Waals surface area (Å²) in [7, 11) is 1.61. The van der Waals surface area contributed by atoms with Gasteiger partial charge in [0.2, 0.25) is 5.88 Å². The van der Waals surface area contributed by atoms with Crippen molar-refractivity contribution in [1.29, 1.82) is 0 Å². The first-order valence-corrected chi connectivity index (χ1v) is 5.04. The van der Waals surface area contributed by atoms with E-state index >= 15 is 0 Å². The van der Waals surface area contributed by atoms with Crippen molar-refractivity contribution in [2.24, 2.45) is 11.7 Å². The summed E-state index contributed by atoms with van der Waals surface area (Å²) in [5.41, 5.74) is 6.73. The molecule has 0 spiro atoms. The van der Waals surface area contributed by atoms with Gasteiger partial charge in [0.25, 0.3) is 0 Å². The number of hydrogen-bond donors (Lipinski definition) is 1. The zero-order valence-corrected chi connectivity index (χ0v) is 8.79. The summed E-state index contributed by atoms with van der Waals surface area (Å²) in [5.74, 6) is 1.74. The molecular formula is C10H13ClN2O. The molecular weight excluding hydrogens is 200 g/mol. The summed E-state index contributed by atoms with van der Waals surface area (Å²) in [6, 6.07) is 3.78. The summed E-state index contributed by atoms with van der Waals surface area (Å²) in [4.78, 5) is 4.12. The van der Waals surface area contributed by atoms with Crippen molar-refractivity contribution in [2.75, 3.05) is 13.7 Å². The maximum atomic E-state index is 5.78. The minimum atomic E-state index is 0.468. The van der Waals surface area contributed by atoms with Gasteiger partial charge in [0, 0.05) is 5.56 Å². The van der Waals surface area contributed by atoms with E-state index in [-0.39, 0.29) is 0 Å². The second kappa shape index (κ2) is 3.75. The van der Waals surface area contributed by atoms with Gasteiger partial charge in [0.1, 0.15) is 5.15 Å². The lowest BCUT2D eigenvalue weighted by molar-refractivity contribution is 0.392. The van der Waals surface area contributed by atoms with E-state index in [9.17, 15) is 0 Å². The van der Waals surface area contributed by atoms with Crippen LogP contribution in [-0.2, 0) is 0 Å². The summed E-state index contributed by atoms with van der Waals surface area (Å²) in [6.45, 7) is 0.733. The van der Waals surface area contributed by atoms with Crippen molar-refractivity contribution >= 4 is 11.6 Å². The van der Waals surface area contributed by atoms with Crippen LogP contribution in [-0.4, -0.2) is 18.6 Å². The fourth-order valence-electron chi connectivity index (χ4n) is 1.76. The summed E-state index contributed by atoms with van der Waals surface area (Å²) in [6.07, 6.45) is 1.14. The first-order chi connectivity index (χ1) is 6.76. The highest BCUT2D eigenvalue weighted by molar-refractivity contribution is 6.29. The number of rotatable bonds is 3. The molecule has 1 saturated carbocycles. The van der Waals surface area contributed by atoms with Crippen LogP contribution in [0.4, 0.5) is 0 Å². The third-order valence-electron chi connectivity index (χ3n) is 2.67. The van der Waals surface area contributed by atoms with Crippen LogP contribution in [0, 0.1) is 5.92 Å². The molecule has 1 aliphatic carbocycles. The lowest BCUT2D eigenvalue weighted by Crippen LogP contribution is -2.03. The Morgan fingerprint density at radius 2 is 2.43 bits per heavy atom. The average molecular weight is 213 g/mol. The molecule has 4 heteroatoms. The molecule has 0 bridgehead atoms. The maximum absolute atomic E-state index is 5.78. The fraction of sp³-hybridized carbons (Fsp3) is 0.500. The molecule has 14 heavy (non-hydrogen) atoms. The lowest BCUT2D eigenvalue weighted by atomic mass is 10.1. The van der Waals surface area contributed by atoms with Gasteiger partial charge < -0.3 is 10.5 Å². The van der Waals surface area contributed by atoms with E-state index < -0.39 is 0 Å². The van der Waals surface area contributed by atoms with E-state index in [0.717, 1.165) is 18.5 Å². The lowest BCUT2D eigenvalue weighted by Gasteiger charge is -2.06. The molecule has 1 fully saturated rings. The van der Waals surface area contributed by atoms with E-state index in [0.29, 0.717) is 22.9 Å². The second-order valence-corrected chi connectivity index (χ2v) is 3.96. The van der Waals surface area contributed by atoms with Gasteiger partial charge in [-0.3, -0.25) is 0 Å². The summed E-state index contributed by atoms with van der Waals surface area (Å²) >= 11 is 5.78. The van der Waals surface area contributed by atoms with Crippen molar-refractivity contribution in [2.45, 2.75) is 12.3 Å². The van der Waals surface area contributed by atoms with Gasteiger partial charge >= 0.3 is 0 Å². The van der Waals surface area contributed by atoms with Crippen LogP contribution in [0.25, 0.3) is 0 Å². The highest BCUT2D eigenvalue weighted by Gasteiger charge is 2.39. The highest BCUT2D eigenvalue weighted by atomic mass is 35.5. The standard InChI is InChI=1S/C10H13ClN2O/c1-14-10-7(2-3-9(11)13-10)8-4-6(8)5-12/h2-3,6,8H,4-5,12H2,1H3/t6-,8+/m0/s1. The topological polar surface area (TPSA) is 48.1 Å². The minimum Gasteiger partial charge on any atom is -0.481 e. The first-order valence-electron chi connectivity index (χ1n) is 4.66. The quantitative estimate of drug-likeness (QED) is 0.778. The SMILES string of the molecule is COc1nc(Cl)ccc1[C@@H]1C[C@H]1CN. The van der Waals surface area contributed by atoms with Crippen molar-refractivity contribution in [3.63, 3.8) is 0 Å². The number of ether oxygens (including phenoxy) is 1. The predicted molar refractivity (Wildman–Crippen MR) is 55.7 cm³/mol. The van der Waals surface area contributed by atoms with Crippen molar-refractivity contribution in [3.8, 4) is 5.88 Å². The van der Waals surface area contributed by atoms with Crippen molar-refractivity contribution < 1.29 is 4.74 Å². The molecule has 3 nitrogen and oxygen atoms in total. The summed E-state index contributed by atoms with van der Waals surface area (Å²) < 4.78 is 5.18. The number of nitrogens with zero attached hydrogens (tertiary/aromatic N) is 1. The first kappa shape index (κ1) is 9.74. The van der Waals surface area contributed by atoms with Gasteiger partial charge in [-0.15, -0.1) is 0 Å². The molecule has 1 aromatic rings. The molecule has 1 heterocycles. The van der Waals surface area contributed by atoms with Crippen LogP contribution in [0.3, 0.4) is 0 Å². The smallest absolute Gasteiger partial charge is 0.217 e. The molecule has 2 rings (SSSR count). The third-order valence-corrected chi connectivity index (χ3v) is 2.88. The Hall–Kier alpha value is -0.800. The van der Waals surface area contributed by atoms with Crippen LogP contribution in [0.15, 0.2) is 12.1 Å². The van der Waals surface area contributed by atoms with E-state index in [1.54, 1.807) is 13.2 Å². The Bertz CT molecular complexity index is 343. The Morgan fingerprint density at radius 1 is 1.64 bits per heavy atom. The second-order valence-electron chi connectivity index (χ2n) is 3.57. The Kier molecular flexibility index (Phi) is 2.61. The van der Waals surface area contributed by atoms with Gasteiger partial charge in [0.15, 0.2) is 0 Å². The van der Waals surface area contributed by atoms with Gasteiger partial charge in [0.05, 0.1) is 7.11 Å². The zero-order chi connectivity index (χ0) is 10.1. The highest BCUT2D eigenvalue weighted by Crippen LogP contribution is 2.49. The monoisotopic (exact) mass is 212 g/mol. The van der Waals surface area contributed by atoms with Crippen molar-refractivity contribution in [3.05, 3.63) is 22.8 Å². The molecule has 0 amide bonds. The van der Waals surface area contributed by atoms with Crippen LogP contribution < -0.4 is 10.5 Å². The molecule has 2 atom stereocenters. The predicted octanol–water partition coefficient (Wildman–Crippen LogP) is 1.81. The molecule has 1 aromatic heterocycles. The molecule has 1 aliphatic rings. The van der Waals surface area contributed by atoms with E-state index in [4.69, 9.17) is 22.1 Å². The Balaban J connectivity index is 2.25. The average Bonchev–Trinajstić information content (AvgIpc) is 2.96. The number of hydrogen-bond acceptors (Lipinski definition) is 3. The van der Waals surface area contributed by atoms with Crippen molar-refractivity contribution in [1.82, 2.24) is 4.98 Å². The molecule has 76 valence electrons. The van der Waals surface area contributed by atoms with Gasteiger partial charge in [-0.2, -0.15) is 0 Å². The van der Waals surface area contributed by atoms with Gasteiger partial charge in [-0.25, -0.2) is 4.98 Å². The molecule has 2 N–H and O–H groups in total. The minimum absolute atomic E-state index is 0.468. The van der Waals surface area contributed by atoms with Crippen LogP contribution in [0.5, 0.6) is 5.88 Å². The number of methoxy groups -OCH3 is 1. The summed E-state index contributed by atoms with van der Waals surface area (Å²) in [5, 5.41) is 0.468. The zero-order valence-electron chi connectivity index (χ0n) is 8.03. The van der Waals surface area contributed by atoms with E-state index in [2.05, 4.69) is 4.98 Å². The van der Waals surface area contributed by atoms with Crippen LogP contribution in [0.1, 0.15) is 17.9 Å². The van der Waals surface area contributed by atoms with Crippen LogP contribution >= 0.6 is 11.6 Å². The normalized spacial score (nSPS) is 24.8. The van der Waals surface area contributed by atoms with Gasteiger partial charge in [-0.05, 0) is 30.9 Å². The molecule has 0 aromatic carbocycles. The number of nitrogens with two attached hydrogens (primary N) is 1. The molecule has 0 saturated heterocycles. The van der Waals surface area contributed by atoms with E-state index in [1.165, 1.54) is 0 Å². The fourth-order valence-corrected chi connectivity index (χ4v) is 1.90. The molecule has 0 aliphatic heterocycles. The van der Waals surface area contributed by atoms with Crippen LogP contribution in [0.2, 0.25) is 5.15 Å². The van der Waals surface area contributed by atoms with E-state index in [1.807, 2.05) is 6.07 Å². The number of aromatic nitrogens is 1. The molecule has 0 unspecified atom stereocenters. The molecule has 0 radical (unpaired) electrons. The number of pyridine rings is 1. The third kappa shape index (κ3) is 1.70. The Labute approximate surface area is 88.2 Å². The number of halogens is 1. The maximum Gasteiger partial charge on any atom is 0.217 e. The van der Waals surface area contributed by atoms with Gasteiger partial charge in [-0.1, -0.05) is 17.7 Å². The largest absolute Gasteiger partial charge is 0.481 e. The Morgan fingerprint density at radius 3 is 3.00 bits per heavy atom.